The van der Waals surface area contributed by atoms with E-state index in [2.05, 4.69) is 10.6 Å². The summed E-state index contributed by atoms with van der Waals surface area (Å²) in [7, 11) is 1.59. The molecule has 0 saturated heterocycles. The standard InChI is InChI=1S/C17H18N2O3/c1-12(20)13-7-9-15(10-8-13)19-17(21)18-11-14-5-3-4-6-16(14)22-2/h3-10H,11H2,1-2H3,(H2,18,19,21). The highest BCUT2D eigenvalue weighted by molar-refractivity contribution is 5.95. The second-order valence-electron chi connectivity index (χ2n) is 4.75. The Morgan fingerprint density at radius 3 is 2.36 bits per heavy atom. The first-order valence-corrected chi connectivity index (χ1v) is 6.88. The van der Waals surface area contributed by atoms with Gasteiger partial charge in [0.1, 0.15) is 5.75 Å². The Balaban J connectivity index is 1.91. The molecule has 0 aliphatic rings. The number of methoxy groups -OCH3 is 1. The van der Waals surface area contributed by atoms with Crippen molar-refractivity contribution in [1.29, 1.82) is 0 Å². The van der Waals surface area contributed by atoms with Crippen molar-refractivity contribution in [2.75, 3.05) is 12.4 Å². The van der Waals surface area contributed by atoms with Crippen molar-refractivity contribution in [3.63, 3.8) is 0 Å². The second-order valence-corrected chi connectivity index (χ2v) is 4.75. The molecular formula is C17H18N2O3. The molecule has 0 aromatic heterocycles. The number of benzene rings is 2. The fraction of sp³-hybridized carbons (Fsp3) is 0.176. The van der Waals surface area contributed by atoms with Gasteiger partial charge in [-0.25, -0.2) is 4.79 Å². The molecule has 0 saturated carbocycles. The molecule has 0 bridgehead atoms. The second kappa shape index (κ2) is 7.26. The lowest BCUT2D eigenvalue weighted by Gasteiger charge is -2.10. The predicted octanol–water partition coefficient (Wildman–Crippen LogP) is 3.22. The summed E-state index contributed by atoms with van der Waals surface area (Å²) < 4.78 is 5.23. The molecule has 0 aliphatic carbocycles. The Hall–Kier alpha value is -2.82. The third-order valence-electron chi connectivity index (χ3n) is 3.18. The van der Waals surface area contributed by atoms with Gasteiger partial charge < -0.3 is 15.4 Å². The van der Waals surface area contributed by atoms with Crippen molar-refractivity contribution < 1.29 is 14.3 Å². The summed E-state index contributed by atoms with van der Waals surface area (Å²) in [5.41, 5.74) is 2.13. The smallest absolute Gasteiger partial charge is 0.319 e. The van der Waals surface area contributed by atoms with Crippen LogP contribution in [0.5, 0.6) is 5.75 Å². The minimum absolute atomic E-state index is 0.00725. The van der Waals surface area contributed by atoms with Gasteiger partial charge in [-0.2, -0.15) is 0 Å². The molecular weight excluding hydrogens is 280 g/mol. The van der Waals surface area contributed by atoms with E-state index in [0.717, 1.165) is 11.3 Å². The van der Waals surface area contributed by atoms with Crippen LogP contribution in [-0.2, 0) is 6.54 Å². The molecule has 0 fully saturated rings. The van der Waals surface area contributed by atoms with Crippen molar-refractivity contribution in [2.45, 2.75) is 13.5 Å². The number of carbonyl (C=O) groups excluding carboxylic acids is 2. The molecule has 0 aliphatic heterocycles. The number of Topliss-reactive ketones (excluding diaryl/α,β-unsaturated/α-hetero) is 1. The fourth-order valence-electron chi connectivity index (χ4n) is 1.99. The molecule has 0 heterocycles. The van der Waals surface area contributed by atoms with E-state index in [1.165, 1.54) is 6.92 Å². The lowest BCUT2D eigenvalue weighted by atomic mass is 10.1. The van der Waals surface area contributed by atoms with Crippen LogP contribution in [0.4, 0.5) is 10.5 Å². The van der Waals surface area contributed by atoms with Gasteiger partial charge in [0.15, 0.2) is 5.78 Å². The number of ketones is 1. The summed E-state index contributed by atoms with van der Waals surface area (Å²) in [5, 5.41) is 5.48. The molecule has 5 nitrogen and oxygen atoms in total. The zero-order valence-electron chi connectivity index (χ0n) is 12.6. The van der Waals surface area contributed by atoms with Crippen LogP contribution < -0.4 is 15.4 Å². The Kier molecular flexibility index (Phi) is 5.14. The maximum Gasteiger partial charge on any atom is 0.319 e. The number of hydrogen-bond donors (Lipinski definition) is 2. The van der Waals surface area contributed by atoms with Crippen LogP contribution in [-0.4, -0.2) is 18.9 Å². The van der Waals surface area contributed by atoms with Crippen LogP contribution in [0.2, 0.25) is 0 Å². The first kappa shape index (κ1) is 15.6. The Bertz CT molecular complexity index is 666. The maximum atomic E-state index is 11.9. The molecule has 2 N–H and O–H groups in total. The number of rotatable bonds is 5. The summed E-state index contributed by atoms with van der Waals surface area (Å²) in [5.74, 6) is 0.723. The maximum absolute atomic E-state index is 11.9. The monoisotopic (exact) mass is 298 g/mol. The van der Waals surface area contributed by atoms with Gasteiger partial charge in [0.05, 0.1) is 7.11 Å². The van der Waals surface area contributed by atoms with Crippen molar-refractivity contribution in [1.82, 2.24) is 5.32 Å². The third kappa shape index (κ3) is 4.09. The molecule has 2 aromatic rings. The molecule has 0 radical (unpaired) electrons. The van der Waals surface area contributed by atoms with E-state index in [4.69, 9.17) is 4.74 Å². The molecule has 2 amide bonds. The Morgan fingerprint density at radius 1 is 1.05 bits per heavy atom. The number of urea groups is 1. The molecule has 0 atom stereocenters. The van der Waals surface area contributed by atoms with Crippen LogP contribution in [0.15, 0.2) is 48.5 Å². The van der Waals surface area contributed by atoms with Gasteiger partial charge in [0.2, 0.25) is 0 Å². The average molecular weight is 298 g/mol. The van der Waals surface area contributed by atoms with Crippen molar-refractivity contribution >= 4 is 17.5 Å². The largest absolute Gasteiger partial charge is 0.496 e. The number of amides is 2. The van der Waals surface area contributed by atoms with Crippen LogP contribution >= 0.6 is 0 Å². The van der Waals surface area contributed by atoms with Crippen LogP contribution in [0.1, 0.15) is 22.8 Å². The molecule has 0 unspecified atom stereocenters. The van der Waals surface area contributed by atoms with Crippen molar-refractivity contribution in [3.8, 4) is 5.75 Å². The minimum atomic E-state index is -0.318. The lowest BCUT2D eigenvalue weighted by molar-refractivity contribution is 0.101. The third-order valence-corrected chi connectivity index (χ3v) is 3.18. The highest BCUT2D eigenvalue weighted by Crippen LogP contribution is 2.16. The summed E-state index contributed by atoms with van der Waals surface area (Å²) in [6.07, 6.45) is 0. The van der Waals surface area contributed by atoms with E-state index in [0.29, 0.717) is 17.8 Å². The van der Waals surface area contributed by atoms with E-state index in [-0.39, 0.29) is 11.8 Å². The van der Waals surface area contributed by atoms with E-state index in [9.17, 15) is 9.59 Å². The summed E-state index contributed by atoms with van der Waals surface area (Å²) in [4.78, 5) is 23.1. The average Bonchev–Trinajstić information content (AvgIpc) is 2.53. The van der Waals surface area contributed by atoms with E-state index in [1.807, 2.05) is 24.3 Å². The van der Waals surface area contributed by atoms with Crippen LogP contribution in [0.25, 0.3) is 0 Å². The summed E-state index contributed by atoms with van der Waals surface area (Å²) >= 11 is 0. The molecule has 0 spiro atoms. The first-order valence-electron chi connectivity index (χ1n) is 6.88. The number of anilines is 1. The number of carbonyl (C=O) groups is 2. The van der Waals surface area contributed by atoms with Gasteiger partial charge >= 0.3 is 6.03 Å². The van der Waals surface area contributed by atoms with Crippen LogP contribution in [0, 0.1) is 0 Å². The number of nitrogens with one attached hydrogen (secondary N) is 2. The van der Waals surface area contributed by atoms with E-state index in [1.54, 1.807) is 31.4 Å². The molecule has 22 heavy (non-hydrogen) atoms. The van der Waals surface area contributed by atoms with E-state index >= 15 is 0 Å². The number of hydrogen-bond acceptors (Lipinski definition) is 3. The van der Waals surface area contributed by atoms with E-state index < -0.39 is 0 Å². The predicted molar refractivity (Wildman–Crippen MR) is 85.3 cm³/mol. The van der Waals surface area contributed by atoms with Gasteiger partial charge in [0.25, 0.3) is 0 Å². The summed E-state index contributed by atoms with van der Waals surface area (Å²) in [6.45, 7) is 1.86. The van der Waals surface area contributed by atoms with Gasteiger partial charge in [-0.1, -0.05) is 18.2 Å². The number of ether oxygens (including phenoxy) is 1. The van der Waals surface area contributed by atoms with Gasteiger partial charge in [-0.05, 0) is 37.3 Å². The fourth-order valence-corrected chi connectivity index (χ4v) is 1.99. The zero-order valence-corrected chi connectivity index (χ0v) is 12.6. The molecule has 5 heteroatoms. The highest BCUT2D eigenvalue weighted by Gasteiger charge is 2.05. The van der Waals surface area contributed by atoms with Crippen LogP contribution in [0.3, 0.4) is 0 Å². The normalized spacial score (nSPS) is 9.91. The van der Waals surface area contributed by atoms with Gasteiger partial charge in [0, 0.05) is 23.4 Å². The minimum Gasteiger partial charge on any atom is -0.496 e. The number of para-hydroxylation sites is 1. The quantitative estimate of drug-likeness (QED) is 0.833. The highest BCUT2D eigenvalue weighted by atomic mass is 16.5. The first-order chi connectivity index (χ1) is 10.6. The topological polar surface area (TPSA) is 67.4 Å². The molecule has 114 valence electrons. The summed E-state index contributed by atoms with van der Waals surface area (Å²) in [6, 6.07) is 13.9. The van der Waals surface area contributed by atoms with Gasteiger partial charge in [-0.15, -0.1) is 0 Å². The SMILES string of the molecule is COc1ccccc1CNC(=O)Nc1ccc(C(C)=O)cc1. The zero-order chi connectivity index (χ0) is 15.9. The van der Waals surface area contributed by atoms with Gasteiger partial charge in [-0.3, -0.25) is 4.79 Å². The molecule has 2 rings (SSSR count). The van der Waals surface area contributed by atoms with Crippen molar-refractivity contribution in [3.05, 3.63) is 59.7 Å². The molecule has 2 aromatic carbocycles. The van der Waals surface area contributed by atoms with Crippen molar-refractivity contribution in [2.24, 2.45) is 0 Å². The Morgan fingerprint density at radius 2 is 1.73 bits per heavy atom. The Labute approximate surface area is 129 Å². The lowest BCUT2D eigenvalue weighted by Crippen LogP contribution is -2.28.